The second-order valence-corrected chi connectivity index (χ2v) is 9.28. The molecule has 0 fully saturated rings. The second-order valence-electron chi connectivity index (χ2n) is 7.92. The van der Waals surface area contributed by atoms with Crippen molar-refractivity contribution < 1.29 is 4.79 Å². The fourth-order valence-electron chi connectivity index (χ4n) is 3.66. The fourth-order valence-corrected chi connectivity index (χ4v) is 4.63. The largest absolute Gasteiger partial charge is 0.356 e. The van der Waals surface area contributed by atoms with Crippen LogP contribution in [0.1, 0.15) is 23.1 Å². The monoisotopic (exact) mass is 481 g/mol. The number of benzene rings is 2. The van der Waals surface area contributed by atoms with Crippen LogP contribution in [-0.2, 0) is 24.3 Å². The summed E-state index contributed by atoms with van der Waals surface area (Å²) in [4.78, 5) is 38.5. The lowest BCUT2D eigenvalue weighted by Crippen LogP contribution is -2.41. The highest BCUT2D eigenvalue weighted by Gasteiger charge is 2.15. The Kier molecular flexibility index (Phi) is 7.11. The Morgan fingerprint density at radius 3 is 2.39 bits per heavy atom. The van der Waals surface area contributed by atoms with Gasteiger partial charge in [0.1, 0.15) is 4.70 Å². The number of aromatic nitrogens is 2. The Morgan fingerprint density at radius 1 is 0.970 bits per heavy atom. The van der Waals surface area contributed by atoms with Crippen molar-refractivity contribution in [2.75, 3.05) is 6.54 Å². The molecule has 33 heavy (non-hydrogen) atoms. The predicted octanol–water partition coefficient (Wildman–Crippen LogP) is 3.98. The van der Waals surface area contributed by atoms with Gasteiger partial charge >= 0.3 is 5.69 Å². The van der Waals surface area contributed by atoms with Crippen molar-refractivity contribution in [1.82, 2.24) is 14.5 Å². The highest BCUT2D eigenvalue weighted by molar-refractivity contribution is 7.17. The van der Waals surface area contributed by atoms with Crippen LogP contribution in [0.2, 0.25) is 5.02 Å². The van der Waals surface area contributed by atoms with Gasteiger partial charge in [-0.3, -0.25) is 18.7 Å². The number of hydrogen-bond acceptors (Lipinski definition) is 4. The number of carbonyl (C=O) groups excluding carboxylic acids is 1. The molecule has 0 saturated carbocycles. The fraction of sp³-hybridized carbons (Fsp3) is 0.240. The van der Waals surface area contributed by atoms with Crippen LogP contribution in [0.3, 0.4) is 0 Å². The van der Waals surface area contributed by atoms with Gasteiger partial charge in [-0.05, 0) is 48.1 Å². The molecule has 2 heterocycles. The molecule has 0 unspecified atom stereocenters. The molecule has 6 nitrogen and oxygen atoms in total. The zero-order valence-corrected chi connectivity index (χ0v) is 19.8. The summed E-state index contributed by atoms with van der Waals surface area (Å²) in [6, 6.07) is 17.2. The van der Waals surface area contributed by atoms with Crippen LogP contribution in [0.15, 0.2) is 69.6 Å². The average molecular weight is 482 g/mol. The summed E-state index contributed by atoms with van der Waals surface area (Å²) < 4.78 is 3.30. The maximum atomic E-state index is 13.2. The standard InChI is InChI=1S/C25H24ClN3O3S/c1-17-2-4-19(5-3-17)16-29-21-12-15-33-23(21)24(31)28(25(29)32)14-11-22(30)27-13-10-18-6-8-20(26)9-7-18/h2-9,12,15H,10-11,13-14,16H2,1H3,(H,27,30). The van der Waals surface area contributed by atoms with Crippen molar-refractivity contribution >= 4 is 39.1 Å². The number of carbonyl (C=O) groups is 1. The number of hydrogen-bond donors (Lipinski definition) is 1. The number of amides is 1. The van der Waals surface area contributed by atoms with Gasteiger partial charge in [0.25, 0.3) is 5.56 Å². The van der Waals surface area contributed by atoms with Crippen molar-refractivity contribution in [3.05, 3.63) is 103 Å². The van der Waals surface area contributed by atoms with Gasteiger partial charge in [0.05, 0.1) is 12.1 Å². The van der Waals surface area contributed by atoms with E-state index in [4.69, 9.17) is 11.6 Å². The molecular formula is C25H24ClN3O3S. The third kappa shape index (κ3) is 5.43. The van der Waals surface area contributed by atoms with Gasteiger partial charge in [-0.15, -0.1) is 11.3 Å². The van der Waals surface area contributed by atoms with Crippen molar-refractivity contribution in [3.63, 3.8) is 0 Å². The molecule has 0 bridgehead atoms. The summed E-state index contributed by atoms with van der Waals surface area (Å²) in [5.41, 5.74) is 3.05. The van der Waals surface area contributed by atoms with E-state index in [1.165, 1.54) is 15.9 Å². The van der Waals surface area contributed by atoms with Crippen LogP contribution in [0.4, 0.5) is 0 Å². The van der Waals surface area contributed by atoms with Crippen molar-refractivity contribution in [2.24, 2.45) is 0 Å². The minimum absolute atomic E-state index is 0.0339. The molecule has 1 amide bonds. The first-order valence-corrected chi connectivity index (χ1v) is 12.0. The minimum Gasteiger partial charge on any atom is -0.356 e. The molecule has 170 valence electrons. The minimum atomic E-state index is -0.402. The summed E-state index contributed by atoms with van der Waals surface area (Å²) in [5.74, 6) is -0.202. The molecule has 0 spiro atoms. The van der Waals surface area contributed by atoms with Crippen molar-refractivity contribution in [2.45, 2.75) is 32.9 Å². The summed E-state index contributed by atoms with van der Waals surface area (Å²) >= 11 is 7.20. The van der Waals surface area contributed by atoms with Crippen LogP contribution >= 0.6 is 22.9 Å². The van der Waals surface area contributed by atoms with Gasteiger partial charge in [-0.25, -0.2) is 4.79 Å². The number of nitrogens with zero attached hydrogens (tertiary/aromatic N) is 2. The zero-order valence-electron chi connectivity index (χ0n) is 18.2. The number of aryl methyl sites for hydroxylation is 1. The van der Waals surface area contributed by atoms with E-state index in [-0.39, 0.29) is 24.4 Å². The second kappa shape index (κ2) is 10.2. The first-order valence-electron chi connectivity index (χ1n) is 10.7. The third-order valence-electron chi connectivity index (χ3n) is 5.51. The van der Waals surface area contributed by atoms with E-state index in [0.29, 0.717) is 34.7 Å². The highest BCUT2D eigenvalue weighted by Crippen LogP contribution is 2.17. The van der Waals surface area contributed by atoms with Crippen molar-refractivity contribution in [1.29, 1.82) is 0 Å². The SMILES string of the molecule is Cc1ccc(Cn2c(=O)n(CCC(=O)NCCc3ccc(Cl)cc3)c(=O)c3sccc32)cc1. The average Bonchev–Trinajstić information content (AvgIpc) is 3.29. The number of thiophene rings is 1. The Hall–Kier alpha value is -3.16. The summed E-state index contributed by atoms with van der Waals surface area (Å²) in [5, 5.41) is 5.33. The van der Waals surface area contributed by atoms with Crippen LogP contribution in [0.25, 0.3) is 10.2 Å². The van der Waals surface area contributed by atoms with Gasteiger partial charge in [0.15, 0.2) is 0 Å². The van der Waals surface area contributed by atoms with Gasteiger partial charge < -0.3 is 5.32 Å². The molecule has 8 heteroatoms. The molecular weight excluding hydrogens is 458 g/mol. The van der Waals surface area contributed by atoms with Gasteiger partial charge in [0, 0.05) is 24.5 Å². The first kappa shape index (κ1) is 23.0. The van der Waals surface area contributed by atoms with Crippen LogP contribution in [-0.4, -0.2) is 21.6 Å². The maximum absolute atomic E-state index is 13.2. The molecule has 0 aliphatic rings. The van der Waals surface area contributed by atoms with E-state index in [1.807, 2.05) is 60.8 Å². The summed E-state index contributed by atoms with van der Waals surface area (Å²) in [7, 11) is 0. The van der Waals surface area contributed by atoms with Crippen LogP contribution in [0, 0.1) is 6.92 Å². The molecule has 0 aliphatic carbocycles. The Balaban J connectivity index is 1.47. The van der Waals surface area contributed by atoms with Crippen LogP contribution in [0.5, 0.6) is 0 Å². The third-order valence-corrected chi connectivity index (χ3v) is 6.65. The lowest BCUT2D eigenvalue weighted by molar-refractivity contribution is -0.121. The van der Waals surface area contributed by atoms with E-state index in [1.54, 1.807) is 10.6 Å². The Bertz CT molecular complexity index is 1390. The van der Waals surface area contributed by atoms with Gasteiger partial charge in [0.2, 0.25) is 5.91 Å². The predicted molar refractivity (Wildman–Crippen MR) is 133 cm³/mol. The maximum Gasteiger partial charge on any atom is 0.331 e. The normalized spacial score (nSPS) is 11.1. The molecule has 4 aromatic rings. The number of nitrogens with one attached hydrogen (secondary N) is 1. The molecule has 0 saturated heterocycles. The van der Waals surface area contributed by atoms with E-state index in [2.05, 4.69) is 5.32 Å². The van der Waals surface area contributed by atoms with Gasteiger partial charge in [-0.1, -0.05) is 53.6 Å². The molecule has 4 rings (SSSR count). The Labute approximate surface area is 200 Å². The molecule has 2 aromatic heterocycles. The molecule has 0 radical (unpaired) electrons. The summed E-state index contributed by atoms with van der Waals surface area (Å²) in [6.07, 6.45) is 0.727. The molecule has 0 atom stereocenters. The summed E-state index contributed by atoms with van der Waals surface area (Å²) in [6.45, 7) is 2.87. The van der Waals surface area contributed by atoms with E-state index < -0.39 is 5.69 Å². The van der Waals surface area contributed by atoms with Crippen LogP contribution < -0.4 is 16.6 Å². The lowest BCUT2D eigenvalue weighted by Gasteiger charge is -2.13. The first-order chi connectivity index (χ1) is 15.9. The Morgan fingerprint density at radius 2 is 1.67 bits per heavy atom. The zero-order chi connectivity index (χ0) is 23.4. The molecule has 2 aromatic carbocycles. The quantitative estimate of drug-likeness (QED) is 0.413. The highest BCUT2D eigenvalue weighted by atomic mass is 35.5. The van der Waals surface area contributed by atoms with E-state index in [9.17, 15) is 14.4 Å². The van der Waals surface area contributed by atoms with Crippen molar-refractivity contribution in [3.8, 4) is 0 Å². The van der Waals surface area contributed by atoms with E-state index in [0.717, 1.165) is 16.7 Å². The lowest BCUT2D eigenvalue weighted by atomic mass is 10.1. The van der Waals surface area contributed by atoms with E-state index >= 15 is 0 Å². The number of rotatable bonds is 8. The topological polar surface area (TPSA) is 73.1 Å². The molecule has 0 aliphatic heterocycles. The molecule has 1 N–H and O–H groups in total. The smallest absolute Gasteiger partial charge is 0.331 e. The number of halogens is 1. The number of fused-ring (bicyclic) bond motifs is 1. The van der Waals surface area contributed by atoms with Gasteiger partial charge in [-0.2, -0.15) is 0 Å².